The number of thiophene rings is 1. The van der Waals surface area contributed by atoms with Gasteiger partial charge in [-0.1, -0.05) is 46.4 Å². The molecule has 1 atom stereocenters. The van der Waals surface area contributed by atoms with Gasteiger partial charge in [0.25, 0.3) is 0 Å². The molecule has 0 aromatic carbocycles. The fourth-order valence-corrected chi connectivity index (χ4v) is 5.80. The normalized spacial score (nSPS) is 16.6. The van der Waals surface area contributed by atoms with Gasteiger partial charge in [0.15, 0.2) is 10.8 Å². The van der Waals surface area contributed by atoms with Crippen LogP contribution in [0.1, 0.15) is 51.5 Å². The lowest BCUT2D eigenvalue weighted by atomic mass is 9.72. The summed E-state index contributed by atoms with van der Waals surface area (Å²) >= 11 is 3.04. The lowest BCUT2D eigenvalue weighted by molar-refractivity contribution is -0.129. The Labute approximate surface area is 189 Å². The molecule has 0 saturated carbocycles. The van der Waals surface area contributed by atoms with Crippen molar-refractivity contribution in [3.63, 3.8) is 0 Å². The summed E-state index contributed by atoms with van der Waals surface area (Å²) in [6.07, 6.45) is 5.03. The predicted molar refractivity (Wildman–Crippen MR) is 123 cm³/mol. The Morgan fingerprint density at radius 3 is 2.77 bits per heavy atom. The van der Waals surface area contributed by atoms with Gasteiger partial charge in [-0.05, 0) is 36.2 Å². The van der Waals surface area contributed by atoms with Gasteiger partial charge in [-0.3, -0.25) is 24.8 Å². The number of carbonyl (C=O) groups excluding carboxylic acids is 2. The Morgan fingerprint density at radius 2 is 2.06 bits per heavy atom. The molecule has 1 aliphatic rings. The van der Waals surface area contributed by atoms with Crippen LogP contribution in [0.25, 0.3) is 15.9 Å². The number of hydrazine groups is 1. The van der Waals surface area contributed by atoms with E-state index in [2.05, 4.69) is 46.8 Å². The molecule has 4 rings (SSSR count). The van der Waals surface area contributed by atoms with Crippen LogP contribution in [0.2, 0.25) is 0 Å². The van der Waals surface area contributed by atoms with E-state index in [4.69, 9.17) is 0 Å². The highest BCUT2D eigenvalue weighted by Crippen LogP contribution is 2.43. The van der Waals surface area contributed by atoms with E-state index in [1.54, 1.807) is 31.5 Å². The van der Waals surface area contributed by atoms with E-state index in [9.17, 15) is 9.59 Å². The molecule has 0 unspecified atom stereocenters. The van der Waals surface area contributed by atoms with Gasteiger partial charge in [0.2, 0.25) is 11.8 Å². The molecule has 0 fully saturated rings. The summed E-state index contributed by atoms with van der Waals surface area (Å²) in [4.78, 5) is 30.7. The minimum Gasteiger partial charge on any atom is -0.273 e. The van der Waals surface area contributed by atoms with Gasteiger partial charge in [-0.15, -0.1) is 21.5 Å². The van der Waals surface area contributed by atoms with Gasteiger partial charge in [0.05, 0.1) is 11.1 Å². The third-order valence-electron chi connectivity index (χ3n) is 5.83. The van der Waals surface area contributed by atoms with Crippen molar-refractivity contribution >= 4 is 50.8 Å². The van der Waals surface area contributed by atoms with E-state index < -0.39 is 0 Å². The van der Waals surface area contributed by atoms with Crippen LogP contribution in [-0.4, -0.2) is 37.1 Å². The van der Waals surface area contributed by atoms with Crippen molar-refractivity contribution in [3.05, 3.63) is 16.8 Å². The van der Waals surface area contributed by atoms with Crippen molar-refractivity contribution in [1.29, 1.82) is 0 Å². The molecule has 8 nitrogen and oxygen atoms in total. The highest BCUT2D eigenvalue weighted by molar-refractivity contribution is 7.99. The average Bonchev–Trinajstić information content (AvgIpc) is 3.29. The monoisotopic (exact) mass is 460 g/mol. The quantitative estimate of drug-likeness (QED) is 0.457. The van der Waals surface area contributed by atoms with Crippen molar-refractivity contribution in [2.45, 2.75) is 59.0 Å². The fraction of sp³-hybridized carbons (Fsp3) is 0.571. The number of amides is 2. The lowest BCUT2D eigenvalue weighted by Gasteiger charge is -2.33. The molecule has 0 aliphatic heterocycles. The standard InChI is InChI=1S/C21H28N6O2S2/c1-11(2)18(29)25-23-15(28)9-30-20-26-24-17-16-13-7-6-12(21(3,4)5)8-14(13)31-19(16)22-10-27(17)20/h10-12H,6-9H2,1-5H3,(H,23,28)(H,25,29)/t12-/m0/s1. The third-order valence-corrected chi connectivity index (χ3v) is 7.94. The summed E-state index contributed by atoms with van der Waals surface area (Å²) in [6, 6.07) is 0. The number of thioether (sulfide) groups is 1. The number of nitrogens with zero attached hydrogens (tertiary/aromatic N) is 4. The van der Waals surface area contributed by atoms with Crippen LogP contribution in [0, 0.1) is 17.3 Å². The molecule has 3 aromatic heterocycles. The summed E-state index contributed by atoms with van der Waals surface area (Å²) in [5, 5.41) is 10.4. The van der Waals surface area contributed by atoms with E-state index in [-0.39, 0.29) is 23.5 Å². The summed E-state index contributed by atoms with van der Waals surface area (Å²) in [7, 11) is 0. The molecule has 31 heavy (non-hydrogen) atoms. The molecular weight excluding hydrogens is 432 g/mol. The summed E-state index contributed by atoms with van der Waals surface area (Å²) < 4.78 is 1.86. The highest BCUT2D eigenvalue weighted by atomic mass is 32.2. The van der Waals surface area contributed by atoms with Crippen LogP contribution in [0.3, 0.4) is 0 Å². The molecule has 1 aliphatic carbocycles. The number of hydrogen-bond donors (Lipinski definition) is 2. The minimum absolute atomic E-state index is 0.117. The van der Waals surface area contributed by atoms with Crippen LogP contribution in [0.15, 0.2) is 11.5 Å². The van der Waals surface area contributed by atoms with E-state index in [0.29, 0.717) is 16.5 Å². The second kappa shape index (κ2) is 8.38. The zero-order valence-corrected chi connectivity index (χ0v) is 20.1. The summed E-state index contributed by atoms with van der Waals surface area (Å²) in [6.45, 7) is 10.5. The molecule has 0 bridgehead atoms. The van der Waals surface area contributed by atoms with Crippen LogP contribution in [0.5, 0.6) is 0 Å². The molecule has 3 heterocycles. The molecule has 0 saturated heterocycles. The fourth-order valence-electron chi connectivity index (χ4n) is 3.83. The van der Waals surface area contributed by atoms with Crippen molar-refractivity contribution in [2.75, 3.05) is 5.75 Å². The number of rotatable bonds is 4. The SMILES string of the molecule is CC(C)C(=O)NNC(=O)CSc1nnc2c3c4c(sc3ncn12)C[C@@H](C(C)(C)C)CC4. The molecule has 2 N–H and O–H groups in total. The predicted octanol–water partition coefficient (Wildman–Crippen LogP) is 3.39. The van der Waals surface area contributed by atoms with Gasteiger partial charge in [0.1, 0.15) is 11.2 Å². The van der Waals surface area contributed by atoms with Crippen molar-refractivity contribution in [3.8, 4) is 0 Å². The second-order valence-corrected chi connectivity index (χ2v) is 11.4. The number of hydrogen-bond acceptors (Lipinski definition) is 7. The molecule has 166 valence electrons. The first-order chi connectivity index (χ1) is 14.6. The number of aromatic nitrogens is 4. The van der Waals surface area contributed by atoms with E-state index in [1.165, 1.54) is 28.6 Å². The van der Waals surface area contributed by atoms with E-state index in [1.807, 2.05) is 4.40 Å². The second-order valence-electron chi connectivity index (χ2n) is 9.39. The van der Waals surface area contributed by atoms with E-state index in [0.717, 1.165) is 28.7 Å². The molecule has 3 aromatic rings. The lowest BCUT2D eigenvalue weighted by Crippen LogP contribution is -2.44. The van der Waals surface area contributed by atoms with Gasteiger partial charge in [0, 0.05) is 10.8 Å². The third kappa shape index (κ3) is 4.41. The van der Waals surface area contributed by atoms with Gasteiger partial charge < -0.3 is 0 Å². The molecule has 2 amide bonds. The van der Waals surface area contributed by atoms with Crippen LogP contribution in [-0.2, 0) is 22.4 Å². The average molecular weight is 461 g/mol. The van der Waals surface area contributed by atoms with Crippen LogP contribution >= 0.6 is 23.1 Å². The largest absolute Gasteiger partial charge is 0.273 e. The minimum atomic E-state index is -0.300. The molecule has 10 heteroatoms. The van der Waals surface area contributed by atoms with Gasteiger partial charge in [-0.2, -0.15) is 0 Å². The maximum Gasteiger partial charge on any atom is 0.248 e. The van der Waals surface area contributed by atoms with Gasteiger partial charge in [-0.25, -0.2) is 4.98 Å². The smallest absolute Gasteiger partial charge is 0.248 e. The van der Waals surface area contributed by atoms with Crippen molar-refractivity contribution in [2.24, 2.45) is 17.3 Å². The number of fused-ring (bicyclic) bond motifs is 5. The first-order valence-corrected chi connectivity index (χ1v) is 12.3. The Morgan fingerprint density at radius 1 is 1.29 bits per heavy atom. The molecular formula is C21H28N6O2S2. The number of carbonyl (C=O) groups is 2. The van der Waals surface area contributed by atoms with Crippen molar-refractivity contribution < 1.29 is 9.59 Å². The Kier molecular flexibility index (Phi) is 5.95. The van der Waals surface area contributed by atoms with Gasteiger partial charge >= 0.3 is 0 Å². The summed E-state index contributed by atoms with van der Waals surface area (Å²) in [5.41, 5.74) is 7.29. The molecule has 0 radical (unpaired) electrons. The summed E-state index contributed by atoms with van der Waals surface area (Å²) in [5.74, 6) is 0.0613. The van der Waals surface area contributed by atoms with Crippen LogP contribution in [0.4, 0.5) is 0 Å². The zero-order chi connectivity index (χ0) is 22.3. The maximum atomic E-state index is 12.1. The first-order valence-electron chi connectivity index (χ1n) is 10.5. The Balaban J connectivity index is 1.53. The van der Waals surface area contributed by atoms with Crippen molar-refractivity contribution in [1.82, 2.24) is 30.4 Å². The topological polar surface area (TPSA) is 101 Å². The molecule has 0 spiro atoms. The Hall–Kier alpha value is -2.20. The number of nitrogens with one attached hydrogen (secondary N) is 2. The highest BCUT2D eigenvalue weighted by Gasteiger charge is 2.31. The first kappa shape index (κ1) is 22.0. The zero-order valence-electron chi connectivity index (χ0n) is 18.5. The van der Waals surface area contributed by atoms with E-state index >= 15 is 0 Å². The maximum absolute atomic E-state index is 12.1. The van der Waals surface area contributed by atoms with Crippen LogP contribution < -0.4 is 10.9 Å². The number of aryl methyl sites for hydroxylation is 1. The Bertz CT molecular complexity index is 1140.